The standard InChI is InChI=1S/C18H37P/c1-3-5-7-8-9-13-17-19-18(14-6-4-2)15-11-10-12-16-18/h19H,3-17H2,1-2H3. The van der Waals surface area contributed by atoms with Gasteiger partial charge in [0, 0.05) is 0 Å². The largest absolute Gasteiger partial charge is 0.116 e. The van der Waals surface area contributed by atoms with Crippen LogP contribution in [0.4, 0.5) is 0 Å². The Kier molecular flexibility index (Phi) is 10.2. The summed E-state index contributed by atoms with van der Waals surface area (Å²) < 4.78 is 0. The van der Waals surface area contributed by atoms with Crippen molar-refractivity contribution in [3.05, 3.63) is 0 Å². The van der Waals surface area contributed by atoms with Crippen molar-refractivity contribution in [2.24, 2.45) is 0 Å². The summed E-state index contributed by atoms with van der Waals surface area (Å²) in [6.07, 6.45) is 22.4. The third kappa shape index (κ3) is 7.69. The Bertz CT molecular complexity index is 194. The number of rotatable bonds is 11. The monoisotopic (exact) mass is 284 g/mol. The Hall–Kier alpha value is 0.430. The number of hydrogen-bond acceptors (Lipinski definition) is 0. The molecule has 1 fully saturated rings. The van der Waals surface area contributed by atoms with Crippen molar-refractivity contribution in [2.75, 3.05) is 6.16 Å². The van der Waals surface area contributed by atoms with Gasteiger partial charge in [-0.1, -0.05) is 78.1 Å². The fourth-order valence-electron chi connectivity index (χ4n) is 3.52. The molecule has 0 heterocycles. The summed E-state index contributed by atoms with van der Waals surface area (Å²) in [7, 11) is 1.27. The molecule has 0 bridgehead atoms. The maximum absolute atomic E-state index is 2.35. The first-order valence-corrected chi connectivity index (χ1v) is 10.3. The van der Waals surface area contributed by atoms with Gasteiger partial charge < -0.3 is 0 Å². The molecule has 0 saturated heterocycles. The van der Waals surface area contributed by atoms with Crippen molar-refractivity contribution < 1.29 is 0 Å². The van der Waals surface area contributed by atoms with Gasteiger partial charge in [-0.15, -0.1) is 8.58 Å². The van der Waals surface area contributed by atoms with Crippen molar-refractivity contribution in [1.82, 2.24) is 0 Å². The Balaban J connectivity index is 2.14. The van der Waals surface area contributed by atoms with Crippen molar-refractivity contribution in [1.29, 1.82) is 0 Å². The predicted octanol–water partition coefficient (Wildman–Crippen LogP) is 6.92. The molecular weight excluding hydrogens is 247 g/mol. The van der Waals surface area contributed by atoms with Crippen LogP contribution in [0.1, 0.15) is 104 Å². The van der Waals surface area contributed by atoms with Gasteiger partial charge >= 0.3 is 0 Å². The van der Waals surface area contributed by atoms with E-state index >= 15 is 0 Å². The summed E-state index contributed by atoms with van der Waals surface area (Å²) in [5, 5.41) is 0.803. The van der Waals surface area contributed by atoms with E-state index in [1.54, 1.807) is 12.8 Å². The van der Waals surface area contributed by atoms with Gasteiger partial charge in [0.25, 0.3) is 0 Å². The maximum atomic E-state index is 2.35. The third-order valence-electron chi connectivity index (χ3n) is 4.85. The molecule has 0 aromatic carbocycles. The van der Waals surface area contributed by atoms with E-state index in [1.165, 1.54) is 91.8 Å². The fourth-order valence-corrected chi connectivity index (χ4v) is 5.54. The fraction of sp³-hybridized carbons (Fsp3) is 1.00. The third-order valence-corrected chi connectivity index (χ3v) is 6.95. The molecule has 19 heavy (non-hydrogen) atoms. The smallest absolute Gasteiger partial charge is 0.0122 e. The van der Waals surface area contributed by atoms with Gasteiger partial charge in [0.05, 0.1) is 0 Å². The molecule has 1 saturated carbocycles. The van der Waals surface area contributed by atoms with Gasteiger partial charge in [-0.2, -0.15) is 0 Å². The van der Waals surface area contributed by atoms with Gasteiger partial charge in [0.15, 0.2) is 0 Å². The molecule has 0 aromatic heterocycles. The summed E-state index contributed by atoms with van der Waals surface area (Å²) in [6.45, 7) is 4.66. The average Bonchev–Trinajstić information content (AvgIpc) is 2.45. The SMILES string of the molecule is CCCCCCCCPC1(CCCC)CCCCC1. The van der Waals surface area contributed by atoms with E-state index in [0.29, 0.717) is 0 Å². The Labute approximate surface area is 124 Å². The first kappa shape index (κ1) is 17.5. The first-order chi connectivity index (χ1) is 9.33. The van der Waals surface area contributed by atoms with Crippen LogP contribution in [0.2, 0.25) is 0 Å². The molecule has 1 unspecified atom stereocenters. The van der Waals surface area contributed by atoms with Crippen LogP contribution in [0.25, 0.3) is 0 Å². The molecule has 0 aliphatic heterocycles. The van der Waals surface area contributed by atoms with Crippen LogP contribution >= 0.6 is 8.58 Å². The van der Waals surface area contributed by atoms with Crippen LogP contribution in [0, 0.1) is 0 Å². The van der Waals surface area contributed by atoms with E-state index in [4.69, 9.17) is 0 Å². The van der Waals surface area contributed by atoms with Crippen LogP contribution in [-0.2, 0) is 0 Å². The Morgan fingerprint density at radius 3 is 2.05 bits per heavy atom. The molecule has 0 spiro atoms. The summed E-state index contributed by atoms with van der Waals surface area (Å²) in [5.41, 5.74) is 0. The van der Waals surface area contributed by atoms with Crippen LogP contribution < -0.4 is 0 Å². The highest BCUT2D eigenvalue weighted by atomic mass is 31.1. The van der Waals surface area contributed by atoms with E-state index in [2.05, 4.69) is 13.8 Å². The van der Waals surface area contributed by atoms with Gasteiger partial charge in [-0.25, -0.2) is 0 Å². The topological polar surface area (TPSA) is 0 Å². The van der Waals surface area contributed by atoms with Crippen LogP contribution in [0.5, 0.6) is 0 Å². The van der Waals surface area contributed by atoms with E-state index in [0.717, 1.165) is 5.16 Å². The number of hydrogen-bond donors (Lipinski definition) is 0. The summed E-state index contributed by atoms with van der Waals surface area (Å²) in [5.74, 6) is 0. The van der Waals surface area contributed by atoms with E-state index in [9.17, 15) is 0 Å². The molecule has 0 radical (unpaired) electrons. The molecule has 1 heteroatoms. The highest BCUT2D eigenvalue weighted by Crippen LogP contribution is 2.47. The van der Waals surface area contributed by atoms with Gasteiger partial charge in [0.2, 0.25) is 0 Å². The molecule has 0 amide bonds. The predicted molar refractivity (Wildman–Crippen MR) is 91.9 cm³/mol. The highest BCUT2D eigenvalue weighted by molar-refractivity contribution is 7.40. The molecular formula is C18H37P. The first-order valence-electron chi connectivity index (χ1n) is 9.08. The molecule has 1 aliphatic rings. The van der Waals surface area contributed by atoms with Gasteiger partial charge in [-0.05, 0) is 37.0 Å². The second-order valence-electron chi connectivity index (χ2n) is 6.64. The minimum absolute atomic E-state index is 0.803. The lowest BCUT2D eigenvalue weighted by Gasteiger charge is -2.38. The van der Waals surface area contributed by atoms with Crippen molar-refractivity contribution in [3.63, 3.8) is 0 Å². The minimum Gasteiger partial charge on any atom is -0.116 e. The zero-order valence-electron chi connectivity index (χ0n) is 13.6. The second kappa shape index (κ2) is 11.1. The van der Waals surface area contributed by atoms with Crippen molar-refractivity contribution >= 4 is 8.58 Å². The molecule has 1 atom stereocenters. The molecule has 1 aliphatic carbocycles. The molecule has 0 nitrogen and oxygen atoms in total. The zero-order chi connectivity index (χ0) is 13.8. The summed E-state index contributed by atoms with van der Waals surface area (Å²) >= 11 is 0. The number of unbranched alkanes of at least 4 members (excludes halogenated alkanes) is 6. The minimum atomic E-state index is 0.803. The Morgan fingerprint density at radius 2 is 1.37 bits per heavy atom. The zero-order valence-corrected chi connectivity index (χ0v) is 14.6. The van der Waals surface area contributed by atoms with Crippen LogP contribution in [0.15, 0.2) is 0 Å². The van der Waals surface area contributed by atoms with Gasteiger partial charge in [0.1, 0.15) is 0 Å². The van der Waals surface area contributed by atoms with Crippen LogP contribution in [0.3, 0.4) is 0 Å². The molecule has 1 rings (SSSR count). The normalized spacial score (nSPS) is 19.3. The van der Waals surface area contributed by atoms with Crippen LogP contribution in [-0.4, -0.2) is 11.3 Å². The highest BCUT2D eigenvalue weighted by Gasteiger charge is 2.30. The lowest BCUT2D eigenvalue weighted by molar-refractivity contribution is 0.365. The lowest BCUT2D eigenvalue weighted by Crippen LogP contribution is -2.26. The quantitative estimate of drug-likeness (QED) is 0.285. The molecule has 114 valence electrons. The second-order valence-corrected chi connectivity index (χ2v) is 8.55. The van der Waals surface area contributed by atoms with Crippen molar-refractivity contribution in [2.45, 2.75) is 109 Å². The molecule has 0 aromatic rings. The summed E-state index contributed by atoms with van der Waals surface area (Å²) in [4.78, 5) is 0. The molecule has 0 N–H and O–H groups in total. The van der Waals surface area contributed by atoms with E-state index in [-0.39, 0.29) is 0 Å². The average molecular weight is 284 g/mol. The van der Waals surface area contributed by atoms with E-state index in [1.807, 2.05) is 0 Å². The van der Waals surface area contributed by atoms with E-state index < -0.39 is 0 Å². The Morgan fingerprint density at radius 1 is 0.737 bits per heavy atom. The lowest BCUT2D eigenvalue weighted by atomic mass is 9.84. The summed E-state index contributed by atoms with van der Waals surface area (Å²) in [6, 6.07) is 0. The van der Waals surface area contributed by atoms with Gasteiger partial charge in [-0.3, -0.25) is 0 Å². The maximum Gasteiger partial charge on any atom is -0.0122 e. The van der Waals surface area contributed by atoms with Crippen molar-refractivity contribution in [3.8, 4) is 0 Å².